The van der Waals surface area contributed by atoms with Crippen molar-refractivity contribution in [2.75, 3.05) is 6.54 Å². The van der Waals surface area contributed by atoms with E-state index in [1.807, 2.05) is 18.2 Å². The van der Waals surface area contributed by atoms with Gasteiger partial charge in [0.15, 0.2) is 0 Å². The molecule has 1 aliphatic rings. The Kier molecular flexibility index (Phi) is 4.15. The Morgan fingerprint density at radius 1 is 1.27 bits per heavy atom. The predicted molar refractivity (Wildman–Crippen MR) is 81.7 cm³/mol. The van der Waals surface area contributed by atoms with Crippen molar-refractivity contribution in [3.63, 3.8) is 0 Å². The highest BCUT2D eigenvalue weighted by atomic mass is 32.1. The first-order chi connectivity index (χ1) is 10.7. The van der Waals surface area contributed by atoms with E-state index in [0.29, 0.717) is 28.5 Å². The maximum absolute atomic E-state index is 12.6. The van der Waals surface area contributed by atoms with Gasteiger partial charge in [0, 0.05) is 12.7 Å². The number of carboxylic acids is 1. The molecule has 1 saturated heterocycles. The van der Waals surface area contributed by atoms with Gasteiger partial charge in [-0.1, -0.05) is 6.07 Å². The predicted octanol–water partition coefficient (Wildman–Crippen LogP) is 2.28. The summed E-state index contributed by atoms with van der Waals surface area (Å²) >= 11 is 1.24. The fourth-order valence-electron chi connectivity index (χ4n) is 2.55. The van der Waals surface area contributed by atoms with E-state index in [1.165, 1.54) is 22.4 Å². The molecule has 7 heteroatoms. The fraction of sp³-hybridized carbons (Fsp3) is 0.333. The minimum Gasteiger partial charge on any atom is -0.480 e. The van der Waals surface area contributed by atoms with Gasteiger partial charge in [-0.05, 0) is 31.4 Å². The van der Waals surface area contributed by atoms with Crippen LogP contribution < -0.4 is 0 Å². The summed E-state index contributed by atoms with van der Waals surface area (Å²) < 4.78 is 0. The van der Waals surface area contributed by atoms with E-state index in [2.05, 4.69) is 9.97 Å². The standard InChI is InChI=1S/C15H15N3O3S/c19-14(18-8-4-2-6-11(18)15(20)21)12-9-17-13(22-12)10-5-1-3-7-16-10/h1,3,5,7,9,11H,2,4,6,8H2,(H,20,21). The number of carboxylic acid groups (broad SMARTS) is 1. The number of rotatable bonds is 3. The molecule has 0 aliphatic carbocycles. The Hall–Kier alpha value is -2.28. The number of nitrogens with zero attached hydrogens (tertiary/aromatic N) is 3. The molecule has 3 rings (SSSR count). The second-order valence-corrected chi connectivity index (χ2v) is 6.12. The number of likely N-dealkylation sites (tertiary alicyclic amines) is 1. The Morgan fingerprint density at radius 3 is 2.86 bits per heavy atom. The molecule has 0 radical (unpaired) electrons. The molecule has 22 heavy (non-hydrogen) atoms. The zero-order valence-corrected chi connectivity index (χ0v) is 12.6. The van der Waals surface area contributed by atoms with Crippen molar-refractivity contribution in [2.24, 2.45) is 0 Å². The number of piperidine rings is 1. The molecule has 1 amide bonds. The molecule has 3 heterocycles. The highest BCUT2D eigenvalue weighted by Gasteiger charge is 2.33. The summed E-state index contributed by atoms with van der Waals surface area (Å²) in [6.45, 7) is 0.479. The smallest absolute Gasteiger partial charge is 0.326 e. The van der Waals surface area contributed by atoms with E-state index in [9.17, 15) is 14.7 Å². The van der Waals surface area contributed by atoms with Crippen molar-refractivity contribution in [3.8, 4) is 10.7 Å². The molecular weight excluding hydrogens is 302 g/mol. The largest absolute Gasteiger partial charge is 0.480 e. The van der Waals surface area contributed by atoms with Gasteiger partial charge in [0.05, 0.1) is 11.9 Å². The van der Waals surface area contributed by atoms with Crippen LogP contribution in [0.25, 0.3) is 10.7 Å². The van der Waals surface area contributed by atoms with Crippen LogP contribution in [0.15, 0.2) is 30.6 Å². The van der Waals surface area contributed by atoms with Gasteiger partial charge in [-0.15, -0.1) is 11.3 Å². The maximum atomic E-state index is 12.6. The highest BCUT2D eigenvalue weighted by Crippen LogP contribution is 2.26. The summed E-state index contributed by atoms with van der Waals surface area (Å²) in [7, 11) is 0. The van der Waals surface area contributed by atoms with E-state index in [0.717, 1.165) is 12.8 Å². The Balaban J connectivity index is 1.83. The number of carbonyl (C=O) groups excluding carboxylic acids is 1. The lowest BCUT2D eigenvalue weighted by atomic mass is 10.0. The molecular formula is C15H15N3O3S. The van der Waals surface area contributed by atoms with Crippen LogP contribution in [-0.2, 0) is 4.79 Å². The third-order valence-corrected chi connectivity index (χ3v) is 4.66. The number of carbonyl (C=O) groups is 2. The summed E-state index contributed by atoms with van der Waals surface area (Å²) in [6, 6.07) is 4.76. The first-order valence-electron chi connectivity index (χ1n) is 7.08. The summed E-state index contributed by atoms with van der Waals surface area (Å²) in [5.41, 5.74) is 0.708. The van der Waals surface area contributed by atoms with Gasteiger partial charge >= 0.3 is 5.97 Å². The van der Waals surface area contributed by atoms with Gasteiger partial charge in [0.1, 0.15) is 15.9 Å². The molecule has 0 spiro atoms. The molecule has 6 nitrogen and oxygen atoms in total. The first-order valence-corrected chi connectivity index (χ1v) is 7.89. The van der Waals surface area contributed by atoms with E-state index in [1.54, 1.807) is 6.20 Å². The number of hydrogen-bond acceptors (Lipinski definition) is 5. The highest BCUT2D eigenvalue weighted by molar-refractivity contribution is 7.16. The number of hydrogen-bond donors (Lipinski definition) is 1. The summed E-state index contributed by atoms with van der Waals surface area (Å²) in [5, 5.41) is 9.93. The minimum absolute atomic E-state index is 0.258. The van der Waals surface area contributed by atoms with Crippen molar-refractivity contribution in [2.45, 2.75) is 25.3 Å². The quantitative estimate of drug-likeness (QED) is 0.939. The van der Waals surface area contributed by atoms with Gasteiger partial charge < -0.3 is 10.0 Å². The number of amides is 1. The van der Waals surface area contributed by atoms with E-state index >= 15 is 0 Å². The zero-order chi connectivity index (χ0) is 15.5. The van der Waals surface area contributed by atoms with Gasteiger partial charge in [-0.2, -0.15) is 0 Å². The van der Waals surface area contributed by atoms with Crippen LogP contribution in [0.1, 0.15) is 28.9 Å². The van der Waals surface area contributed by atoms with Crippen molar-refractivity contribution >= 4 is 23.2 Å². The topological polar surface area (TPSA) is 83.4 Å². The molecule has 0 aromatic carbocycles. The molecule has 1 atom stereocenters. The number of aromatic nitrogens is 2. The molecule has 2 aromatic rings. The molecule has 1 unspecified atom stereocenters. The van der Waals surface area contributed by atoms with Crippen LogP contribution in [0.4, 0.5) is 0 Å². The van der Waals surface area contributed by atoms with Crippen LogP contribution in [0, 0.1) is 0 Å². The molecule has 0 saturated carbocycles. The maximum Gasteiger partial charge on any atom is 0.326 e. The van der Waals surface area contributed by atoms with Crippen LogP contribution in [-0.4, -0.2) is 44.4 Å². The Bertz CT molecular complexity index is 686. The van der Waals surface area contributed by atoms with Crippen LogP contribution >= 0.6 is 11.3 Å². The molecule has 1 N–H and O–H groups in total. The van der Waals surface area contributed by atoms with E-state index in [4.69, 9.17) is 0 Å². The lowest BCUT2D eigenvalue weighted by Crippen LogP contribution is -2.47. The molecule has 114 valence electrons. The second-order valence-electron chi connectivity index (χ2n) is 5.09. The van der Waals surface area contributed by atoms with Gasteiger partial charge in [-0.3, -0.25) is 9.78 Å². The first kappa shape index (κ1) is 14.6. The monoisotopic (exact) mass is 317 g/mol. The average molecular weight is 317 g/mol. The van der Waals surface area contributed by atoms with Crippen molar-refractivity contribution in [1.82, 2.24) is 14.9 Å². The number of aliphatic carboxylic acids is 1. The SMILES string of the molecule is O=C(O)C1CCCCN1C(=O)c1cnc(-c2ccccn2)s1. The minimum atomic E-state index is -0.942. The van der Waals surface area contributed by atoms with Crippen LogP contribution in [0.5, 0.6) is 0 Å². The number of thiazole rings is 1. The van der Waals surface area contributed by atoms with Gasteiger partial charge in [0.2, 0.25) is 0 Å². The third-order valence-electron chi connectivity index (χ3n) is 3.65. The van der Waals surface area contributed by atoms with Crippen molar-refractivity contribution in [1.29, 1.82) is 0 Å². The van der Waals surface area contributed by atoms with Crippen LogP contribution in [0.3, 0.4) is 0 Å². The van der Waals surface area contributed by atoms with Crippen molar-refractivity contribution in [3.05, 3.63) is 35.5 Å². The Labute approximate surface area is 131 Å². The van der Waals surface area contributed by atoms with Crippen LogP contribution in [0.2, 0.25) is 0 Å². The molecule has 1 fully saturated rings. The fourth-order valence-corrected chi connectivity index (χ4v) is 3.40. The van der Waals surface area contributed by atoms with E-state index in [-0.39, 0.29) is 5.91 Å². The molecule has 1 aliphatic heterocycles. The second kappa shape index (κ2) is 6.23. The zero-order valence-electron chi connectivity index (χ0n) is 11.8. The summed E-state index contributed by atoms with van der Waals surface area (Å²) in [4.78, 5) is 34.2. The van der Waals surface area contributed by atoms with Gasteiger partial charge in [-0.25, -0.2) is 9.78 Å². The van der Waals surface area contributed by atoms with Gasteiger partial charge in [0.25, 0.3) is 5.91 Å². The third kappa shape index (κ3) is 2.85. The normalized spacial score (nSPS) is 18.2. The number of pyridine rings is 1. The Morgan fingerprint density at radius 2 is 2.14 bits per heavy atom. The average Bonchev–Trinajstić information content (AvgIpc) is 3.05. The van der Waals surface area contributed by atoms with E-state index < -0.39 is 12.0 Å². The lowest BCUT2D eigenvalue weighted by Gasteiger charge is -2.32. The molecule has 2 aromatic heterocycles. The van der Waals surface area contributed by atoms with Crippen molar-refractivity contribution < 1.29 is 14.7 Å². The summed E-state index contributed by atoms with van der Waals surface area (Å²) in [6.07, 6.45) is 5.35. The molecule has 0 bridgehead atoms. The summed E-state index contributed by atoms with van der Waals surface area (Å²) in [5.74, 6) is -1.20. The lowest BCUT2D eigenvalue weighted by molar-refractivity contribution is -0.143.